The van der Waals surface area contributed by atoms with Crippen molar-refractivity contribution in [3.8, 4) is 0 Å². The molecule has 1 aliphatic heterocycles. The number of benzene rings is 2. The molecule has 1 saturated carbocycles. The molecule has 1 fully saturated rings. The normalized spacial score (nSPS) is 16.1. The fourth-order valence-electron chi connectivity index (χ4n) is 4.84. The van der Waals surface area contributed by atoms with Crippen LogP contribution in [0.15, 0.2) is 48.5 Å². The second-order valence-electron chi connectivity index (χ2n) is 9.43. The number of thiophene rings is 1. The molecule has 1 aromatic heterocycles. The van der Waals surface area contributed by atoms with E-state index >= 15 is 0 Å². The SMILES string of the molecule is CN(C)CC1(c2cccc(CN3Cc4cc(Cl)cc(NC(=O)c5ccc(Cl)s5)c4C3=O)c2)CC1. The van der Waals surface area contributed by atoms with Gasteiger partial charge in [0, 0.05) is 30.1 Å². The Balaban J connectivity index is 1.36. The van der Waals surface area contributed by atoms with Gasteiger partial charge in [-0.15, -0.1) is 11.3 Å². The highest BCUT2D eigenvalue weighted by Crippen LogP contribution is 2.48. The van der Waals surface area contributed by atoms with Crippen LogP contribution in [-0.2, 0) is 18.5 Å². The number of carbonyl (C=O) groups is 2. The third-order valence-corrected chi connectivity index (χ3v) is 7.93. The third-order valence-electron chi connectivity index (χ3n) is 6.48. The van der Waals surface area contributed by atoms with Crippen molar-refractivity contribution in [3.63, 3.8) is 0 Å². The van der Waals surface area contributed by atoms with Crippen molar-refractivity contribution in [2.75, 3.05) is 26.0 Å². The average Bonchev–Trinajstić information content (AvgIpc) is 3.30. The molecule has 3 aromatic rings. The van der Waals surface area contributed by atoms with E-state index in [0.29, 0.717) is 38.6 Å². The standard InChI is InChI=1S/C26H25Cl2N3O2S/c1-30(2)15-26(8-9-26)18-5-3-4-16(10-18)13-31-14-17-11-19(27)12-20(23(17)25(31)33)29-24(32)21-6-7-22(28)34-21/h3-7,10-12H,8-9,13-15H2,1-2H3,(H,29,32). The monoisotopic (exact) mass is 513 g/mol. The topological polar surface area (TPSA) is 52.6 Å². The fraction of sp³-hybridized carbons (Fsp3) is 0.308. The molecule has 2 amide bonds. The third kappa shape index (κ3) is 4.60. The average molecular weight is 514 g/mol. The molecule has 34 heavy (non-hydrogen) atoms. The first-order valence-electron chi connectivity index (χ1n) is 11.2. The molecule has 0 saturated heterocycles. The minimum atomic E-state index is -0.309. The molecule has 176 valence electrons. The maximum atomic E-state index is 13.4. The first-order chi connectivity index (χ1) is 16.2. The molecule has 1 N–H and O–H groups in total. The van der Waals surface area contributed by atoms with Gasteiger partial charge in [-0.05, 0) is 67.9 Å². The molecule has 0 unspecified atom stereocenters. The van der Waals surface area contributed by atoms with Crippen LogP contribution >= 0.6 is 34.5 Å². The molecule has 1 aliphatic carbocycles. The highest BCUT2D eigenvalue weighted by Gasteiger charge is 2.44. The minimum absolute atomic E-state index is 0.106. The zero-order valence-corrected chi connectivity index (χ0v) is 21.4. The lowest BCUT2D eigenvalue weighted by Crippen LogP contribution is -2.26. The highest BCUT2D eigenvalue weighted by atomic mass is 35.5. The second kappa shape index (κ2) is 9.00. The van der Waals surface area contributed by atoms with E-state index in [1.807, 2.05) is 4.90 Å². The molecule has 0 bridgehead atoms. The van der Waals surface area contributed by atoms with Crippen LogP contribution in [-0.4, -0.2) is 42.3 Å². The van der Waals surface area contributed by atoms with Gasteiger partial charge in [-0.25, -0.2) is 0 Å². The van der Waals surface area contributed by atoms with Crippen molar-refractivity contribution in [3.05, 3.63) is 85.0 Å². The van der Waals surface area contributed by atoms with Gasteiger partial charge in [-0.1, -0.05) is 47.5 Å². The summed E-state index contributed by atoms with van der Waals surface area (Å²) >= 11 is 13.5. The quantitative estimate of drug-likeness (QED) is 0.417. The first-order valence-corrected chi connectivity index (χ1v) is 12.7. The van der Waals surface area contributed by atoms with E-state index < -0.39 is 0 Å². The van der Waals surface area contributed by atoms with Crippen molar-refractivity contribution in [1.29, 1.82) is 0 Å². The second-order valence-corrected chi connectivity index (χ2v) is 11.6. The van der Waals surface area contributed by atoms with Crippen molar-refractivity contribution in [1.82, 2.24) is 9.80 Å². The number of amides is 2. The molecular formula is C26H25Cl2N3O2S. The van der Waals surface area contributed by atoms with Gasteiger partial charge in [0.1, 0.15) is 0 Å². The van der Waals surface area contributed by atoms with Crippen molar-refractivity contribution < 1.29 is 9.59 Å². The fourth-order valence-corrected chi connectivity index (χ4v) is 6.02. The van der Waals surface area contributed by atoms with Crippen LogP contribution in [0.2, 0.25) is 9.36 Å². The molecule has 5 nitrogen and oxygen atoms in total. The highest BCUT2D eigenvalue weighted by molar-refractivity contribution is 7.18. The van der Waals surface area contributed by atoms with Gasteiger partial charge in [0.05, 0.1) is 20.5 Å². The summed E-state index contributed by atoms with van der Waals surface area (Å²) in [7, 11) is 4.22. The number of hydrogen-bond acceptors (Lipinski definition) is 4. The number of carbonyl (C=O) groups excluding carboxylic acids is 2. The summed E-state index contributed by atoms with van der Waals surface area (Å²) in [6, 6.07) is 15.4. The zero-order valence-electron chi connectivity index (χ0n) is 19.0. The Kier molecular flexibility index (Phi) is 6.19. The predicted molar refractivity (Wildman–Crippen MR) is 138 cm³/mol. The first kappa shape index (κ1) is 23.4. The van der Waals surface area contributed by atoms with Gasteiger partial charge in [0.2, 0.25) is 0 Å². The lowest BCUT2D eigenvalue weighted by molar-refractivity contribution is 0.0767. The predicted octanol–water partition coefficient (Wildman–Crippen LogP) is 6.06. The van der Waals surface area contributed by atoms with E-state index in [2.05, 4.69) is 48.6 Å². The minimum Gasteiger partial charge on any atom is -0.330 e. The molecule has 8 heteroatoms. The smallest absolute Gasteiger partial charge is 0.265 e. The Labute approximate surface area is 213 Å². The Bertz CT molecular complexity index is 1280. The van der Waals surface area contributed by atoms with E-state index in [4.69, 9.17) is 23.2 Å². The summed E-state index contributed by atoms with van der Waals surface area (Å²) in [5, 5.41) is 3.34. The van der Waals surface area contributed by atoms with Crippen LogP contribution < -0.4 is 5.32 Å². The van der Waals surface area contributed by atoms with Crippen molar-refractivity contribution in [2.45, 2.75) is 31.3 Å². The van der Waals surface area contributed by atoms with E-state index in [-0.39, 0.29) is 17.2 Å². The van der Waals surface area contributed by atoms with E-state index in [0.717, 1.165) is 17.7 Å². The van der Waals surface area contributed by atoms with Gasteiger partial charge >= 0.3 is 0 Å². The molecule has 2 heterocycles. The number of anilines is 1. The Morgan fingerprint density at radius 2 is 1.94 bits per heavy atom. The van der Waals surface area contributed by atoms with E-state index in [1.54, 1.807) is 24.3 Å². The number of nitrogens with one attached hydrogen (secondary N) is 1. The Morgan fingerprint density at radius 1 is 1.15 bits per heavy atom. The number of hydrogen-bond donors (Lipinski definition) is 1. The maximum absolute atomic E-state index is 13.4. The summed E-state index contributed by atoms with van der Waals surface area (Å²) in [4.78, 5) is 30.6. The largest absolute Gasteiger partial charge is 0.330 e. The van der Waals surface area contributed by atoms with Crippen LogP contribution in [0, 0.1) is 0 Å². The van der Waals surface area contributed by atoms with Gasteiger partial charge in [-0.2, -0.15) is 0 Å². The van der Waals surface area contributed by atoms with Gasteiger partial charge in [0.15, 0.2) is 0 Å². The van der Waals surface area contributed by atoms with Gasteiger partial charge < -0.3 is 15.1 Å². The lowest BCUT2D eigenvalue weighted by Gasteiger charge is -2.22. The summed E-state index contributed by atoms with van der Waals surface area (Å²) in [6.45, 7) is 1.99. The van der Waals surface area contributed by atoms with Crippen LogP contribution in [0.25, 0.3) is 0 Å². The van der Waals surface area contributed by atoms with Crippen molar-refractivity contribution >= 4 is 52.0 Å². The summed E-state index contributed by atoms with van der Waals surface area (Å²) in [5.74, 6) is -0.415. The van der Waals surface area contributed by atoms with E-state index in [9.17, 15) is 9.59 Å². The number of halogens is 2. The number of nitrogens with zero attached hydrogens (tertiary/aromatic N) is 2. The molecule has 5 rings (SSSR count). The van der Waals surface area contributed by atoms with Crippen LogP contribution in [0.1, 0.15) is 49.6 Å². The molecule has 0 spiro atoms. The van der Waals surface area contributed by atoms with Crippen LogP contribution in [0.3, 0.4) is 0 Å². The molecular weight excluding hydrogens is 489 g/mol. The Hall–Kier alpha value is -2.38. The Morgan fingerprint density at radius 3 is 2.62 bits per heavy atom. The van der Waals surface area contributed by atoms with Crippen molar-refractivity contribution in [2.24, 2.45) is 0 Å². The zero-order chi connectivity index (χ0) is 24.0. The maximum Gasteiger partial charge on any atom is 0.265 e. The summed E-state index contributed by atoms with van der Waals surface area (Å²) < 4.78 is 0.532. The van der Waals surface area contributed by atoms with Gasteiger partial charge in [0.25, 0.3) is 11.8 Å². The number of fused-ring (bicyclic) bond motifs is 1. The molecule has 2 aliphatic rings. The van der Waals surface area contributed by atoms with Crippen LogP contribution in [0.4, 0.5) is 5.69 Å². The lowest BCUT2D eigenvalue weighted by atomic mass is 9.94. The molecule has 2 aromatic carbocycles. The molecule has 0 radical (unpaired) electrons. The summed E-state index contributed by atoms with van der Waals surface area (Å²) in [5.41, 5.74) is 4.43. The van der Waals surface area contributed by atoms with E-state index in [1.165, 1.54) is 29.7 Å². The summed E-state index contributed by atoms with van der Waals surface area (Å²) in [6.07, 6.45) is 2.39. The van der Waals surface area contributed by atoms with Crippen LogP contribution in [0.5, 0.6) is 0 Å². The number of rotatable bonds is 7. The molecule has 0 atom stereocenters. The number of likely N-dealkylation sites (N-methyl/N-ethyl adjacent to an activating group) is 1. The van der Waals surface area contributed by atoms with Gasteiger partial charge in [-0.3, -0.25) is 9.59 Å².